The summed E-state index contributed by atoms with van der Waals surface area (Å²) in [5.74, 6) is -0.176. The molecule has 0 saturated carbocycles. The zero-order chi connectivity index (χ0) is 13.9. The Hall–Kier alpha value is -1.71. The summed E-state index contributed by atoms with van der Waals surface area (Å²) >= 11 is -0.0557. The summed E-state index contributed by atoms with van der Waals surface area (Å²) in [4.78, 5) is 0. The van der Waals surface area contributed by atoms with E-state index in [4.69, 9.17) is 0 Å². The van der Waals surface area contributed by atoms with Gasteiger partial charge in [0, 0.05) is 0 Å². The SMILES string of the molecule is CCC(Nc1cccc2c1N=[Se]=N2)c1ccccc1F. The normalized spacial score (nSPS) is 13.7. The number of nitrogens with zero attached hydrogens (tertiary/aromatic N) is 2. The van der Waals surface area contributed by atoms with Crippen molar-refractivity contribution in [1.82, 2.24) is 0 Å². The fourth-order valence-electron chi connectivity index (χ4n) is 2.27. The van der Waals surface area contributed by atoms with Crippen molar-refractivity contribution in [1.29, 1.82) is 0 Å². The summed E-state index contributed by atoms with van der Waals surface area (Å²) in [5, 5.41) is 3.40. The fraction of sp³-hybridized carbons (Fsp3) is 0.200. The molecule has 2 aromatic rings. The van der Waals surface area contributed by atoms with Gasteiger partial charge in [0.15, 0.2) is 0 Å². The summed E-state index contributed by atoms with van der Waals surface area (Å²) in [6.07, 6.45) is 0.798. The van der Waals surface area contributed by atoms with Crippen LogP contribution in [0.5, 0.6) is 0 Å². The molecule has 0 amide bonds. The minimum atomic E-state index is -0.176. The Balaban J connectivity index is 1.92. The Kier molecular flexibility index (Phi) is 3.81. The van der Waals surface area contributed by atoms with Crippen LogP contribution in [0.3, 0.4) is 0 Å². The van der Waals surface area contributed by atoms with Crippen molar-refractivity contribution in [2.24, 2.45) is 7.92 Å². The Labute approximate surface area is 123 Å². The van der Waals surface area contributed by atoms with Crippen molar-refractivity contribution in [3.05, 3.63) is 53.8 Å². The van der Waals surface area contributed by atoms with Crippen molar-refractivity contribution < 1.29 is 4.39 Å². The Morgan fingerprint density at radius 1 is 1.15 bits per heavy atom. The van der Waals surface area contributed by atoms with E-state index in [9.17, 15) is 4.39 Å². The molecular formula is C15H14FN3Se. The third kappa shape index (κ3) is 2.47. The van der Waals surface area contributed by atoms with Gasteiger partial charge in [-0.2, -0.15) is 0 Å². The molecule has 0 saturated heterocycles. The fourth-order valence-corrected chi connectivity index (χ4v) is 3.42. The second kappa shape index (κ2) is 5.73. The van der Waals surface area contributed by atoms with Crippen LogP contribution in [0.1, 0.15) is 24.9 Å². The van der Waals surface area contributed by atoms with E-state index in [0.29, 0.717) is 5.56 Å². The molecule has 0 fully saturated rings. The van der Waals surface area contributed by atoms with Crippen LogP contribution < -0.4 is 5.32 Å². The molecule has 5 heteroatoms. The van der Waals surface area contributed by atoms with Gasteiger partial charge < -0.3 is 0 Å². The second-order valence-corrected chi connectivity index (χ2v) is 5.67. The quantitative estimate of drug-likeness (QED) is 0.688. The molecule has 3 nitrogen and oxygen atoms in total. The molecule has 1 unspecified atom stereocenters. The van der Waals surface area contributed by atoms with E-state index in [2.05, 4.69) is 13.2 Å². The summed E-state index contributed by atoms with van der Waals surface area (Å²) in [5.41, 5.74) is 3.45. The molecule has 0 aliphatic carbocycles. The van der Waals surface area contributed by atoms with Crippen molar-refractivity contribution >= 4 is 31.6 Å². The van der Waals surface area contributed by atoms with Crippen LogP contribution in [-0.2, 0) is 0 Å². The molecule has 1 atom stereocenters. The van der Waals surface area contributed by atoms with Gasteiger partial charge in [0.1, 0.15) is 0 Å². The van der Waals surface area contributed by atoms with Crippen LogP contribution in [0, 0.1) is 5.82 Å². The van der Waals surface area contributed by atoms with Crippen LogP contribution >= 0.6 is 0 Å². The van der Waals surface area contributed by atoms with Crippen molar-refractivity contribution in [2.45, 2.75) is 19.4 Å². The predicted molar refractivity (Wildman–Crippen MR) is 79.4 cm³/mol. The molecule has 20 heavy (non-hydrogen) atoms. The average molecular weight is 334 g/mol. The van der Waals surface area contributed by atoms with Crippen molar-refractivity contribution in [3.8, 4) is 0 Å². The van der Waals surface area contributed by atoms with E-state index in [0.717, 1.165) is 23.5 Å². The molecular weight excluding hydrogens is 320 g/mol. The number of nitrogens with one attached hydrogen (secondary N) is 1. The number of halogens is 1. The van der Waals surface area contributed by atoms with Crippen LogP contribution in [0.15, 0.2) is 50.4 Å². The molecule has 0 spiro atoms. The van der Waals surface area contributed by atoms with Crippen molar-refractivity contribution in [2.75, 3.05) is 5.32 Å². The Bertz CT molecular complexity index is 708. The zero-order valence-electron chi connectivity index (χ0n) is 11.0. The zero-order valence-corrected chi connectivity index (χ0v) is 12.7. The van der Waals surface area contributed by atoms with Gasteiger partial charge in [-0.25, -0.2) is 0 Å². The first-order valence-corrected chi connectivity index (χ1v) is 8.05. The summed E-state index contributed by atoms with van der Waals surface area (Å²) in [7, 11) is 0. The first-order chi connectivity index (χ1) is 9.79. The first-order valence-electron chi connectivity index (χ1n) is 6.52. The van der Waals surface area contributed by atoms with E-state index in [-0.39, 0.29) is 26.4 Å². The Morgan fingerprint density at radius 2 is 2.00 bits per heavy atom. The third-order valence-corrected chi connectivity index (χ3v) is 4.44. The van der Waals surface area contributed by atoms with E-state index in [1.54, 1.807) is 6.07 Å². The molecule has 1 aliphatic rings. The topological polar surface area (TPSA) is 36.8 Å². The maximum absolute atomic E-state index is 13.9. The van der Waals surface area contributed by atoms with Crippen LogP contribution in [-0.4, -0.2) is 14.6 Å². The van der Waals surface area contributed by atoms with Crippen LogP contribution in [0.4, 0.5) is 21.5 Å². The standard InChI is InChI=1S/C15H14FN3Se/c1-2-12(10-6-3-4-7-11(10)16)17-13-8-5-9-14-15(13)19-20-18-14/h3-9,12,17H,2H2,1H3. The van der Waals surface area contributed by atoms with Gasteiger partial charge >= 0.3 is 122 Å². The molecule has 0 radical (unpaired) electrons. The molecule has 1 heterocycles. The van der Waals surface area contributed by atoms with Gasteiger partial charge in [-0.1, -0.05) is 0 Å². The second-order valence-electron chi connectivity index (χ2n) is 4.56. The number of hydrogen-bond donors (Lipinski definition) is 1. The molecule has 1 N–H and O–H groups in total. The number of benzene rings is 2. The summed E-state index contributed by atoms with van der Waals surface area (Å²) in [6, 6.07) is 12.7. The number of hydrogen-bond acceptors (Lipinski definition) is 3. The van der Waals surface area contributed by atoms with E-state index < -0.39 is 0 Å². The summed E-state index contributed by atoms with van der Waals surface area (Å²) in [6.45, 7) is 2.04. The van der Waals surface area contributed by atoms with Gasteiger partial charge in [0.05, 0.1) is 0 Å². The van der Waals surface area contributed by atoms with E-state index in [1.807, 2.05) is 37.3 Å². The van der Waals surface area contributed by atoms with Gasteiger partial charge in [0.25, 0.3) is 0 Å². The van der Waals surface area contributed by atoms with E-state index in [1.165, 1.54) is 6.07 Å². The first kappa shape index (κ1) is 13.3. The molecule has 1 aliphatic heterocycles. The molecule has 0 aromatic heterocycles. The van der Waals surface area contributed by atoms with Gasteiger partial charge in [0.2, 0.25) is 0 Å². The number of fused-ring (bicyclic) bond motifs is 1. The number of anilines is 1. The molecule has 3 rings (SSSR count). The van der Waals surface area contributed by atoms with E-state index >= 15 is 0 Å². The van der Waals surface area contributed by atoms with Crippen molar-refractivity contribution in [3.63, 3.8) is 0 Å². The third-order valence-electron chi connectivity index (χ3n) is 3.30. The minimum absolute atomic E-state index is 0.0557. The monoisotopic (exact) mass is 335 g/mol. The van der Waals surface area contributed by atoms with Gasteiger partial charge in [-0.3, -0.25) is 0 Å². The molecule has 102 valence electrons. The maximum atomic E-state index is 13.9. The predicted octanol–water partition coefficient (Wildman–Crippen LogP) is 4.74. The average Bonchev–Trinajstić information content (AvgIpc) is 2.95. The van der Waals surface area contributed by atoms with Crippen LogP contribution in [0.25, 0.3) is 0 Å². The molecule has 0 bridgehead atoms. The molecule has 2 aromatic carbocycles. The summed E-state index contributed by atoms with van der Waals surface area (Å²) < 4.78 is 22.7. The number of rotatable bonds is 4. The Morgan fingerprint density at radius 3 is 2.80 bits per heavy atom. The van der Waals surface area contributed by atoms with Gasteiger partial charge in [-0.05, 0) is 0 Å². The van der Waals surface area contributed by atoms with Gasteiger partial charge in [-0.15, -0.1) is 0 Å². The van der Waals surface area contributed by atoms with Crippen LogP contribution in [0.2, 0.25) is 0 Å².